The van der Waals surface area contributed by atoms with Gasteiger partial charge in [0.1, 0.15) is 5.56 Å². The second kappa shape index (κ2) is 8.63. The van der Waals surface area contributed by atoms with Gasteiger partial charge < -0.3 is 9.47 Å². The van der Waals surface area contributed by atoms with E-state index in [1.165, 1.54) is 10.4 Å². The van der Waals surface area contributed by atoms with Gasteiger partial charge in [0.25, 0.3) is 5.91 Å². The zero-order valence-electron chi connectivity index (χ0n) is 19.4. The molecule has 0 spiro atoms. The van der Waals surface area contributed by atoms with Gasteiger partial charge >= 0.3 is 0 Å². The Balaban J connectivity index is 1.74. The Morgan fingerprint density at radius 1 is 1.00 bits per heavy atom. The number of benzene rings is 1. The molecule has 2 atom stereocenters. The van der Waals surface area contributed by atoms with Crippen molar-refractivity contribution in [3.05, 3.63) is 40.2 Å². The second-order valence-corrected chi connectivity index (χ2v) is 11.8. The van der Waals surface area contributed by atoms with E-state index in [0.29, 0.717) is 49.4 Å². The Morgan fingerprint density at radius 2 is 1.62 bits per heavy atom. The number of carbonyl (C=O) groups is 1. The van der Waals surface area contributed by atoms with Crippen molar-refractivity contribution >= 4 is 26.8 Å². The number of hydrogen-bond donors (Lipinski definition) is 0. The third kappa shape index (κ3) is 4.22. The number of fused-ring (bicyclic) bond motifs is 1. The van der Waals surface area contributed by atoms with Crippen molar-refractivity contribution in [2.45, 2.75) is 44.9 Å². The van der Waals surface area contributed by atoms with Gasteiger partial charge in [-0.1, -0.05) is 20.8 Å². The number of sulfonamides is 1. The molecule has 2 fully saturated rings. The monoisotopic (exact) mass is 459 g/mol. The largest absolute Gasteiger partial charge is 0.350 e. The topological polar surface area (TPSA) is 79.7 Å². The molecule has 0 aliphatic carbocycles. The first kappa shape index (κ1) is 23.0. The summed E-state index contributed by atoms with van der Waals surface area (Å²) < 4.78 is 29.7. The average Bonchev–Trinajstić information content (AvgIpc) is 2.75. The van der Waals surface area contributed by atoms with Gasteiger partial charge in [0.15, 0.2) is 0 Å². The van der Waals surface area contributed by atoms with Crippen molar-refractivity contribution in [2.24, 2.45) is 24.8 Å². The third-order valence-corrected chi connectivity index (χ3v) is 8.82. The van der Waals surface area contributed by atoms with Gasteiger partial charge in [0.2, 0.25) is 15.5 Å². The molecule has 0 saturated carbocycles. The van der Waals surface area contributed by atoms with Crippen LogP contribution in [0, 0.1) is 17.8 Å². The zero-order valence-corrected chi connectivity index (χ0v) is 20.2. The molecule has 3 heterocycles. The van der Waals surface area contributed by atoms with E-state index in [2.05, 4.69) is 20.8 Å². The van der Waals surface area contributed by atoms with Crippen molar-refractivity contribution in [1.82, 2.24) is 13.8 Å². The lowest BCUT2D eigenvalue weighted by molar-refractivity contribution is 0.0621. The Bertz CT molecular complexity index is 1190. The summed E-state index contributed by atoms with van der Waals surface area (Å²) in [5.74, 6) is 1.01. The van der Waals surface area contributed by atoms with Gasteiger partial charge in [-0.3, -0.25) is 9.59 Å². The third-order valence-electron chi connectivity index (χ3n) is 6.93. The number of hydrogen-bond acceptors (Lipinski definition) is 4. The van der Waals surface area contributed by atoms with Crippen LogP contribution in [0.15, 0.2) is 34.1 Å². The number of nitrogens with zero attached hydrogens (tertiary/aromatic N) is 3. The highest BCUT2D eigenvalue weighted by molar-refractivity contribution is 7.89. The molecule has 1 aromatic heterocycles. The summed E-state index contributed by atoms with van der Waals surface area (Å²) >= 11 is 0. The number of amides is 1. The van der Waals surface area contributed by atoms with E-state index in [-0.39, 0.29) is 21.8 Å². The van der Waals surface area contributed by atoms with Crippen molar-refractivity contribution in [3.63, 3.8) is 0 Å². The van der Waals surface area contributed by atoms with E-state index in [4.69, 9.17) is 0 Å². The standard InChI is InChI=1S/C24H33N3O4S/c1-16-7-9-27(10-8-16)32(30,31)19-5-6-22-20(12-19)23(28)21(15-25(22)4)24(29)26-13-17(2)11-18(3)14-26/h5-6,12,15-18H,7-11,13-14H2,1-4H3/t17-,18-/m0/s1. The lowest BCUT2D eigenvalue weighted by atomic mass is 9.91. The fraction of sp³-hybridized carbons (Fsp3) is 0.583. The lowest BCUT2D eigenvalue weighted by Gasteiger charge is -2.35. The summed E-state index contributed by atoms with van der Waals surface area (Å²) in [5.41, 5.74) is 0.305. The lowest BCUT2D eigenvalue weighted by Crippen LogP contribution is -2.44. The molecule has 2 aromatic rings. The molecular weight excluding hydrogens is 426 g/mol. The predicted molar refractivity (Wildman–Crippen MR) is 125 cm³/mol. The molecule has 1 aromatic carbocycles. The van der Waals surface area contributed by atoms with Gasteiger partial charge in [-0.15, -0.1) is 0 Å². The van der Waals surface area contributed by atoms with E-state index < -0.39 is 15.5 Å². The molecule has 2 aliphatic heterocycles. The number of pyridine rings is 1. The molecule has 7 nitrogen and oxygen atoms in total. The smallest absolute Gasteiger partial charge is 0.259 e. The van der Waals surface area contributed by atoms with Gasteiger partial charge in [0, 0.05) is 44.8 Å². The fourth-order valence-electron chi connectivity index (χ4n) is 5.16. The first-order valence-corrected chi connectivity index (χ1v) is 12.9. The van der Waals surface area contributed by atoms with E-state index in [9.17, 15) is 18.0 Å². The molecule has 4 rings (SSSR count). The Morgan fingerprint density at radius 3 is 2.25 bits per heavy atom. The quantitative estimate of drug-likeness (QED) is 0.707. The summed E-state index contributed by atoms with van der Waals surface area (Å²) in [6.45, 7) is 8.61. The van der Waals surface area contributed by atoms with Crippen LogP contribution in [0.25, 0.3) is 10.9 Å². The van der Waals surface area contributed by atoms with Crippen LogP contribution in [0.4, 0.5) is 0 Å². The summed E-state index contributed by atoms with van der Waals surface area (Å²) in [7, 11) is -1.91. The maximum absolute atomic E-state index is 13.4. The van der Waals surface area contributed by atoms with Crippen LogP contribution in [0.2, 0.25) is 0 Å². The number of aryl methyl sites for hydroxylation is 1. The first-order chi connectivity index (χ1) is 15.1. The number of likely N-dealkylation sites (tertiary alicyclic amines) is 1. The van der Waals surface area contributed by atoms with Crippen molar-refractivity contribution in [2.75, 3.05) is 26.2 Å². The molecular formula is C24H33N3O4S. The van der Waals surface area contributed by atoms with Gasteiger partial charge in [0.05, 0.1) is 10.4 Å². The summed E-state index contributed by atoms with van der Waals surface area (Å²) in [5, 5.41) is 0.267. The molecule has 2 aliphatic rings. The van der Waals surface area contributed by atoms with E-state index >= 15 is 0 Å². The molecule has 8 heteroatoms. The van der Waals surface area contributed by atoms with Crippen molar-refractivity contribution in [3.8, 4) is 0 Å². The van der Waals surface area contributed by atoms with Gasteiger partial charge in [-0.25, -0.2) is 8.42 Å². The minimum atomic E-state index is -3.68. The van der Waals surface area contributed by atoms with Crippen LogP contribution in [0.1, 0.15) is 50.4 Å². The van der Waals surface area contributed by atoms with Crippen LogP contribution in [-0.2, 0) is 17.1 Å². The normalized spacial score (nSPS) is 23.6. The van der Waals surface area contributed by atoms with Crippen LogP contribution in [0.3, 0.4) is 0 Å². The molecule has 0 radical (unpaired) electrons. The van der Waals surface area contributed by atoms with Crippen LogP contribution in [-0.4, -0.2) is 54.3 Å². The number of aromatic nitrogens is 1. The van der Waals surface area contributed by atoms with Gasteiger partial charge in [-0.2, -0.15) is 4.31 Å². The molecule has 32 heavy (non-hydrogen) atoms. The van der Waals surface area contributed by atoms with Gasteiger partial charge in [-0.05, 0) is 55.2 Å². The van der Waals surface area contributed by atoms with Crippen molar-refractivity contribution < 1.29 is 13.2 Å². The number of piperidine rings is 2. The molecule has 0 bridgehead atoms. The zero-order chi connectivity index (χ0) is 23.2. The van der Waals surface area contributed by atoms with Crippen LogP contribution < -0.4 is 5.43 Å². The predicted octanol–water partition coefficient (Wildman–Crippen LogP) is 3.08. The van der Waals surface area contributed by atoms with Crippen molar-refractivity contribution in [1.29, 1.82) is 0 Å². The van der Waals surface area contributed by atoms with E-state index in [0.717, 1.165) is 19.3 Å². The second-order valence-electron chi connectivity index (χ2n) is 9.90. The highest BCUT2D eigenvalue weighted by atomic mass is 32.2. The summed E-state index contributed by atoms with van der Waals surface area (Å²) in [6, 6.07) is 4.67. The summed E-state index contributed by atoms with van der Waals surface area (Å²) in [4.78, 5) is 28.5. The maximum Gasteiger partial charge on any atom is 0.259 e. The fourth-order valence-corrected chi connectivity index (χ4v) is 6.65. The molecule has 0 unspecified atom stereocenters. The maximum atomic E-state index is 13.4. The molecule has 2 saturated heterocycles. The number of rotatable bonds is 3. The van der Waals surface area contributed by atoms with Crippen LogP contribution >= 0.6 is 0 Å². The van der Waals surface area contributed by atoms with Crippen LogP contribution in [0.5, 0.6) is 0 Å². The van der Waals surface area contributed by atoms with E-state index in [1.807, 2.05) is 0 Å². The minimum absolute atomic E-state index is 0.0997. The summed E-state index contributed by atoms with van der Waals surface area (Å²) in [6.07, 6.45) is 4.31. The first-order valence-electron chi connectivity index (χ1n) is 11.5. The molecule has 0 N–H and O–H groups in total. The Hall–Kier alpha value is -2.19. The molecule has 1 amide bonds. The Kier molecular flexibility index (Phi) is 6.20. The Labute approximate surface area is 190 Å². The minimum Gasteiger partial charge on any atom is -0.350 e. The average molecular weight is 460 g/mol. The SMILES string of the molecule is CC1CCN(S(=O)(=O)c2ccc3c(c2)c(=O)c(C(=O)N2C[C@@H](C)C[C@H](C)C2)cn3C)CC1. The highest BCUT2D eigenvalue weighted by Crippen LogP contribution is 2.26. The van der Waals surface area contributed by atoms with E-state index in [1.54, 1.807) is 34.8 Å². The highest BCUT2D eigenvalue weighted by Gasteiger charge is 2.30. The molecule has 174 valence electrons. The number of carbonyl (C=O) groups excluding carboxylic acids is 1.